The number of imidazole rings is 1. The van der Waals surface area contributed by atoms with E-state index in [9.17, 15) is 0 Å². The molecule has 1 heterocycles. The third-order valence-electron chi connectivity index (χ3n) is 3.41. The molecule has 1 aromatic carbocycles. The molecule has 0 bridgehead atoms. The molecule has 4 nitrogen and oxygen atoms in total. The molecule has 0 aliphatic heterocycles. The Labute approximate surface area is 130 Å². The van der Waals surface area contributed by atoms with E-state index in [-0.39, 0.29) is 0 Å². The van der Waals surface area contributed by atoms with Gasteiger partial charge in [0.15, 0.2) is 0 Å². The smallest absolute Gasteiger partial charge is 0.114 e. The Morgan fingerprint density at radius 1 is 1.36 bits per heavy atom. The fourth-order valence-corrected chi connectivity index (χ4v) is 2.03. The van der Waals surface area contributed by atoms with Crippen LogP contribution in [0.2, 0.25) is 0 Å². The van der Waals surface area contributed by atoms with Gasteiger partial charge in [0.25, 0.3) is 0 Å². The van der Waals surface area contributed by atoms with E-state index in [0.717, 1.165) is 16.8 Å². The van der Waals surface area contributed by atoms with Crippen molar-refractivity contribution in [3.05, 3.63) is 54.1 Å². The molecule has 4 heteroatoms. The summed E-state index contributed by atoms with van der Waals surface area (Å²) in [5.41, 5.74) is 2.97. The van der Waals surface area contributed by atoms with Crippen LogP contribution < -0.4 is 0 Å². The topological polar surface area (TPSA) is 39.4 Å². The Kier molecular flexibility index (Phi) is 4.55. The molecule has 1 aliphatic rings. The van der Waals surface area contributed by atoms with Gasteiger partial charge in [-0.3, -0.25) is 0 Å². The molecule has 0 radical (unpaired) electrons. The maximum atomic E-state index is 5.24. The van der Waals surface area contributed by atoms with Crippen LogP contribution in [0.15, 0.2) is 48.1 Å². The molecule has 1 aromatic heterocycles. The first-order valence-corrected chi connectivity index (χ1v) is 7.61. The Bertz CT molecular complexity index is 686. The van der Waals surface area contributed by atoms with E-state index in [0.29, 0.717) is 19.1 Å². The van der Waals surface area contributed by atoms with Crippen LogP contribution in [0.1, 0.15) is 30.9 Å². The van der Waals surface area contributed by atoms with Gasteiger partial charge < -0.3 is 9.40 Å². The van der Waals surface area contributed by atoms with E-state index in [4.69, 9.17) is 4.84 Å². The Hall–Kier alpha value is -2.54. The highest BCUT2D eigenvalue weighted by molar-refractivity contribution is 6.00. The summed E-state index contributed by atoms with van der Waals surface area (Å²) < 4.78 is 1.97. The summed E-state index contributed by atoms with van der Waals surface area (Å²) in [6, 6.07) is 8.18. The third-order valence-corrected chi connectivity index (χ3v) is 3.41. The molecule has 22 heavy (non-hydrogen) atoms. The van der Waals surface area contributed by atoms with Gasteiger partial charge in [0.2, 0.25) is 0 Å². The van der Waals surface area contributed by atoms with E-state index in [1.54, 1.807) is 12.5 Å². The number of oxime groups is 1. The highest BCUT2D eigenvalue weighted by Crippen LogP contribution is 2.27. The summed E-state index contributed by atoms with van der Waals surface area (Å²) in [5, 5.41) is 4.23. The highest BCUT2D eigenvalue weighted by Gasteiger charge is 2.17. The monoisotopic (exact) mass is 293 g/mol. The van der Waals surface area contributed by atoms with Gasteiger partial charge in [0.05, 0.1) is 12.9 Å². The Morgan fingerprint density at radius 3 is 2.82 bits per heavy atom. The van der Waals surface area contributed by atoms with E-state index in [1.165, 1.54) is 12.8 Å². The molecule has 3 rings (SSSR count). The van der Waals surface area contributed by atoms with Gasteiger partial charge in [-0.2, -0.15) is 0 Å². The van der Waals surface area contributed by atoms with Crippen molar-refractivity contribution >= 4 is 5.71 Å². The van der Waals surface area contributed by atoms with Crippen LogP contribution in [0.4, 0.5) is 0 Å². The van der Waals surface area contributed by atoms with Crippen LogP contribution >= 0.6 is 0 Å². The van der Waals surface area contributed by atoms with Crippen molar-refractivity contribution in [2.24, 2.45) is 11.1 Å². The van der Waals surface area contributed by atoms with E-state index in [1.807, 2.05) is 42.0 Å². The number of hydrogen-bond acceptors (Lipinski definition) is 3. The predicted octanol–water partition coefficient (Wildman–Crippen LogP) is 3.09. The lowest BCUT2D eigenvalue weighted by Gasteiger charge is -2.07. The number of aromatic nitrogens is 2. The maximum Gasteiger partial charge on any atom is 0.114 e. The third kappa shape index (κ3) is 3.98. The van der Waals surface area contributed by atoms with Crippen molar-refractivity contribution in [3.8, 4) is 11.8 Å². The van der Waals surface area contributed by atoms with Crippen molar-refractivity contribution in [2.75, 3.05) is 6.61 Å². The summed E-state index contributed by atoms with van der Waals surface area (Å²) in [7, 11) is 0. The standard InChI is InChI=1S/C18H19N3O/c1-2-22-20-18(13-21-12-11-19-14-21)17-9-7-16(8-10-17)6-5-15-3-4-15/h7-12,14-15H,2-4,13H2,1H3/b20-18+. The molecule has 0 atom stereocenters. The van der Waals surface area contributed by atoms with Gasteiger partial charge in [-0.1, -0.05) is 29.1 Å². The lowest BCUT2D eigenvalue weighted by molar-refractivity contribution is 0.158. The first kappa shape index (κ1) is 14.4. The van der Waals surface area contributed by atoms with Crippen LogP contribution in [0.3, 0.4) is 0 Å². The zero-order chi connectivity index (χ0) is 15.2. The molecule has 1 saturated carbocycles. The van der Waals surface area contributed by atoms with E-state index < -0.39 is 0 Å². The van der Waals surface area contributed by atoms with Crippen LogP contribution in [0, 0.1) is 17.8 Å². The first-order valence-electron chi connectivity index (χ1n) is 7.61. The molecule has 112 valence electrons. The zero-order valence-corrected chi connectivity index (χ0v) is 12.7. The molecular weight excluding hydrogens is 274 g/mol. The molecule has 0 unspecified atom stereocenters. The summed E-state index contributed by atoms with van der Waals surface area (Å²) in [4.78, 5) is 9.30. The van der Waals surface area contributed by atoms with Crippen molar-refractivity contribution in [3.63, 3.8) is 0 Å². The fraction of sp³-hybridized carbons (Fsp3) is 0.333. The van der Waals surface area contributed by atoms with Gasteiger partial charge in [-0.15, -0.1) is 0 Å². The van der Waals surface area contributed by atoms with Crippen LogP contribution in [0.5, 0.6) is 0 Å². The van der Waals surface area contributed by atoms with Gasteiger partial charge in [-0.25, -0.2) is 4.98 Å². The summed E-state index contributed by atoms with van der Waals surface area (Å²) in [6.45, 7) is 3.11. The normalized spacial score (nSPS) is 14.3. The SMILES string of the molecule is CCO/N=C(\Cn1ccnc1)c1ccc(C#CC2CC2)cc1. The first-order chi connectivity index (χ1) is 10.8. The second kappa shape index (κ2) is 6.95. The molecule has 1 aliphatic carbocycles. The molecule has 0 amide bonds. The minimum atomic E-state index is 0.554. The second-order valence-electron chi connectivity index (χ2n) is 5.31. The molecule has 1 fully saturated rings. The van der Waals surface area contributed by atoms with E-state index in [2.05, 4.69) is 22.0 Å². The number of rotatable bonds is 5. The summed E-state index contributed by atoms with van der Waals surface area (Å²) in [6.07, 6.45) is 7.95. The largest absolute Gasteiger partial charge is 0.396 e. The van der Waals surface area contributed by atoms with Gasteiger partial charge in [0, 0.05) is 29.4 Å². The highest BCUT2D eigenvalue weighted by atomic mass is 16.6. The van der Waals surface area contributed by atoms with Crippen molar-refractivity contribution < 1.29 is 4.84 Å². The number of hydrogen-bond donors (Lipinski definition) is 0. The summed E-state index contributed by atoms with van der Waals surface area (Å²) >= 11 is 0. The van der Waals surface area contributed by atoms with Crippen molar-refractivity contribution in [1.82, 2.24) is 9.55 Å². The Balaban J connectivity index is 1.76. The fourth-order valence-electron chi connectivity index (χ4n) is 2.03. The van der Waals surface area contributed by atoms with Gasteiger partial charge in [0.1, 0.15) is 12.3 Å². The van der Waals surface area contributed by atoms with E-state index >= 15 is 0 Å². The lowest BCUT2D eigenvalue weighted by Crippen LogP contribution is -2.11. The average molecular weight is 293 g/mol. The molecule has 0 spiro atoms. The van der Waals surface area contributed by atoms with Crippen LogP contribution in [-0.4, -0.2) is 21.9 Å². The summed E-state index contributed by atoms with van der Waals surface area (Å²) in [5.74, 6) is 7.12. The molecule has 0 saturated heterocycles. The Morgan fingerprint density at radius 2 is 2.18 bits per heavy atom. The number of benzene rings is 1. The number of nitrogens with zero attached hydrogens (tertiary/aromatic N) is 3. The van der Waals surface area contributed by atoms with Gasteiger partial charge >= 0.3 is 0 Å². The predicted molar refractivity (Wildman–Crippen MR) is 86.4 cm³/mol. The second-order valence-corrected chi connectivity index (χ2v) is 5.31. The molecule has 2 aromatic rings. The molecule has 0 N–H and O–H groups in total. The van der Waals surface area contributed by atoms with Crippen molar-refractivity contribution in [1.29, 1.82) is 0 Å². The minimum absolute atomic E-state index is 0.554. The van der Waals surface area contributed by atoms with Crippen LogP contribution in [-0.2, 0) is 11.4 Å². The maximum absolute atomic E-state index is 5.24. The van der Waals surface area contributed by atoms with Gasteiger partial charge in [-0.05, 0) is 31.9 Å². The minimum Gasteiger partial charge on any atom is -0.396 e. The van der Waals surface area contributed by atoms with Crippen LogP contribution in [0.25, 0.3) is 0 Å². The van der Waals surface area contributed by atoms with Crippen molar-refractivity contribution in [2.45, 2.75) is 26.3 Å². The lowest BCUT2D eigenvalue weighted by atomic mass is 10.1. The average Bonchev–Trinajstić information content (AvgIpc) is 3.25. The zero-order valence-electron chi connectivity index (χ0n) is 12.7. The molecular formula is C18H19N3O. The quantitative estimate of drug-likeness (QED) is 0.483.